The number of nitrogens with zero attached hydrogens (tertiary/aromatic N) is 1. The summed E-state index contributed by atoms with van der Waals surface area (Å²) in [5, 5.41) is 7.53. The Morgan fingerprint density at radius 1 is 1.03 bits per heavy atom. The van der Waals surface area contributed by atoms with Crippen LogP contribution >= 0.6 is 11.3 Å². The number of thiophene rings is 1. The number of hydrogen-bond acceptors (Lipinski definition) is 4. The van der Waals surface area contributed by atoms with Crippen LogP contribution in [0.4, 0.5) is 5.69 Å². The molecule has 0 radical (unpaired) electrons. The molecule has 0 fully saturated rings. The van der Waals surface area contributed by atoms with Crippen molar-refractivity contribution in [3.05, 3.63) is 82.3 Å². The van der Waals surface area contributed by atoms with Gasteiger partial charge in [0.1, 0.15) is 11.7 Å². The van der Waals surface area contributed by atoms with Gasteiger partial charge in [0, 0.05) is 17.4 Å². The predicted octanol–water partition coefficient (Wildman–Crippen LogP) is 3.94. The van der Waals surface area contributed by atoms with Gasteiger partial charge in [0.15, 0.2) is 0 Å². The van der Waals surface area contributed by atoms with Gasteiger partial charge in [-0.1, -0.05) is 38.0 Å². The first-order chi connectivity index (χ1) is 14.0. The van der Waals surface area contributed by atoms with E-state index in [-0.39, 0.29) is 17.7 Å². The molecule has 2 aromatic heterocycles. The standard InChI is InChI=1S/C23H21N3O2S/c1-16(2)21(26-22(27)20-10-6-14-29-20)23(28)25-19-9-5-7-17(15-19)11-12-18-8-3-4-13-24-18/h3-10,13-16,21H,1-2H3,(H,25,28)(H,26,27). The molecule has 0 aliphatic rings. The third-order valence-corrected chi connectivity index (χ3v) is 4.98. The summed E-state index contributed by atoms with van der Waals surface area (Å²) >= 11 is 1.34. The highest BCUT2D eigenvalue weighted by Gasteiger charge is 2.25. The average molecular weight is 404 g/mol. The Kier molecular flexibility index (Phi) is 6.77. The Bertz CT molecular complexity index is 1030. The van der Waals surface area contributed by atoms with Gasteiger partial charge in [-0.25, -0.2) is 4.98 Å². The second-order valence-electron chi connectivity index (χ2n) is 6.71. The van der Waals surface area contributed by atoms with E-state index in [2.05, 4.69) is 27.5 Å². The Hall–Kier alpha value is -3.43. The van der Waals surface area contributed by atoms with Gasteiger partial charge < -0.3 is 10.6 Å². The second-order valence-corrected chi connectivity index (χ2v) is 7.66. The van der Waals surface area contributed by atoms with Gasteiger partial charge in [0.05, 0.1) is 4.88 Å². The minimum atomic E-state index is -0.646. The highest BCUT2D eigenvalue weighted by Crippen LogP contribution is 2.14. The molecule has 0 aliphatic carbocycles. The van der Waals surface area contributed by atoms with E-state index in [0.29, 0.717) is 16.3 Å². The average Bonchev–Trinajstić information content (AvgIpc) is 3.26. The van der Waals surface area contributed by atoms with Crippen LogP contribution in [0.3, 0.4) is 0 Å². The minimum Gasteiger partial charge on any atom is -0.339 e. The molecule has 5 nitrogen and oxygen atoms in total. The summed E-state index contributed by atoms with van der Waals surface area (Å²) in [6, 6.07) is 15.7. The van der Waals surface area contributed by atoms with Crippen LogP contribution in [0, 0.1) is 17.8 Å². The second kappa shape index (κ2) is 9.67. The lowest BCUT2D eigenvalue weighted by Crippen LogP contribution is -2.46. The molecule has 1 aromatic carbocycles. The lowest BCUT2D eigenvalue weighted by molar-refractivity contribution is -0.118. The molecule has 2 N–H and O–H groups in total. The zero-order valence-corrected chi connectivity index (χ0v) is 17.0. The highest BCUT2D eigenvalue weighted by molar-refractivity contribution is 7.12. The fourth-order valence-corrected chi connectivity index (χ4v) is 3.25. The van der Waals surface area contributed by atoms with Gasteiger partial charge >= 0.3 is 0 Å². The molecule has 3 rings (SSSR count). The van der Waals surface area contributed by atoms with Crippen molar-refractivity contribution in [1.29, 1.82) is 0 Å². The number of hydrogen-bond donors (Lipinski definition) is 2. The molecule has 0 aliphatic heterocycles. The minimum absolute atomic E-state index is 0.0639. The van der Waals surface area contributed by atoms with Crippen molar-refractivity contribution in [3.8, 4) is 11.8 Å². The number of amides is 2. The fourth-order valence-electron chi connectivity index (χ4n) is 2.62. The van der Waals surface area contributed by atoms with Crippen molar-refractivity contribution in [3.63, 3.8) is 0 Å². The molecule has 1 unspecified atom stereocenters. The van der Waals surface area contributed by atoms with Crippen LogP contribution in [-0.2, 0) is 4.79 Å². The SMILES string of the molecule is CC(C)C(NC(=O)c1cccs1)C(=O)Nc1cccc(C#Cc2ccccn2)c1. The van der Waals surface area contributed by atoms with Crippen molar-refractivity contribution in [2.24, 2.45) is 5.92 Å². The number of pyridine rings is 1. The largest absolute Gasteiger partial charge is 0.339 e. The maximum Gasteiger partial charge on any atom is 0.262 e. The van der Waals surface area contributed by atoms with Crippen LogP contribution in [0.1, 0.15) is 34.8 Å². The molecule has 0 saturated carbocycles. The normalized spacial score (nSPS) is 11.3. The monoisotopic (exact) mass is 403 g/mol. The lowest BCUT2D eigenvalue weighted by Gasteiger charge is -2.21. The molecule has 3 aromatic rings. The molecular formula is C23H21N3O2S. The molecule has 6 heteroatoms. The number of carbonyl (C=O) groups excluding carboxylic acids is 2. The Morgan fingerprint density at radius 3 is 2.59 bits per heavy atom. The molecule has 1 atom stereocenters. The summed E-state index contributed by atoms with van der Waals surface area (Å²) < 4.78 is 0. The van der Waals surface area contributed by atoms with Crippen molar-refractivity contribution < 1.29 is 9.59 Å². The Morgan fingerprint density at radius 2 is 1.90 bits per heavy atom. The van der Waals surface area contributed by atoms with E-state index < -0.39 is 6.04 Å². The smallest absolute Gasteiger partial charge is 0.262 e. The third kappa shape index (κ3) is 5.77. The first-order valence-corrected chi connectivity index (χ1v) is 10.1. The molecule has 2 amide bonds. The highest BCUT2D eigenvalue weighted by atomic mass is 32.1. The molecule has 2 heterocycles. The predicted molar refractivity (Wildman–Crippen MR) is 116 cm³/mol. The summed E-state index contributed by atoms with van der Waals surface area (Å²) in [4.78, 5) is 29.9. The number of rotatable bonds is 5. The third-order valence-electron chi connectivity index (χ3n) is 4.11. The zero-order valence-electron chi connectivity index (χ0n) is 16.2. The van der Waals surface area contributed by atoms with Gasteiger partial charge in [0.2, 0.25) is 5.91 Å². The maximum atomic E-state index is 12.8. The van der Waals surface area contributed by atoms with Crippen molar-refractivity contribution >= 4 is 28.8 Å². The number of benzene rings is 1. The van der Waals surface area contributed by atoms with Gasteiger partial charge in [-0.3, -0.25) is 9.59 Å². The molecule has 0 saturated heterocycles. The van der Waals surface area contributed by atoms with Crippen LogP contribution in [-0.4, -0.2) is 22.8 Å². The van der Waals surface area contributed by atoms with Gasteiger partial charge in [-0.05, 0) is 53.6 Å². The Balaban J connectivity index is 1.70. The molecular weight excluding hydrogens is 382 g/mol. The van der Waals surface area contributed by atoms with Crippen LogP contribution in [0.2, 0.25) is 0 Å². The van der Waals surface area contributed by atoms with Crippen LogP contribution in [0.5, 0.6) is 0 Å². The summed E-state index contributed by atoms with van der Waals surface area (Å²) in [5.74, 6) is 5.47. The molecule has 29 heavy (non-hydrogen) atoms. The Labute approximate surface area is 174 Å². The van der Waals surface area contributed by atoms with E-state index >= 15 is 0 Å². The van der Waals surface area contributed by atoms with E-state index in [0.717, 1.165) is 5.56 Å². The summed E-state index contributed by atoms with van der Waals surface area (Å²) in [6.45, 7) is 3.79. The maximum absolute atomic E-state index is 12.8. The van der Waals surface area contributed by atoms with E-state index in [1.807, 2.05) is 55.6 Å². The summed E-state index contributed by atoms with van der Waals surface area (Å²) in [5.41, 5.74) is 2.06. The molecule has 0 bridgehead atoms. The van der Waals surface area contributed by atoms with Crippen LogP contribution in [0.15, 0.2) is 66.2 Å². The lowest BCUT2D eigenvalue weighted by atomic mass is 10.0. The molecule has 146 valence electrons. The van der Waals surface area contributed by atoms with Crippen molar-refractivity contribution in [1.82, 2.24) is 10.3 Å². The van der Waals surface area contributed by atoms with Crippen LogP contribution < -0.4 is 10.6 Å². The van der Waals surface area contributed by atoms with E-state index in [1.54, 1.807) is 24.4 Å². The number of nitrogens with one attached hydrogen (secondary N) is 2. The van der Waals surface area contributed by atoms with E-state index in [4.69, 9.17) is 0 Å². The van der Waals surface area contributed by atoms with E-state index in [9.17, 15) is 9.59 Å². The number of carbonyl (C=O) groups is 2. The number of anilines is 1. The van der Waals surface area contributed by atoms with Gasteiger partial charge in [0.25, 0.3) is 5.91 Å². The fraction of sp³-hybridized carbons (Fsp3) is 0.174. The first-order valence-electron chi connectivity index (χ1n) is 9.21. The van der Waals surface area contributed by atoms with Crippen molar-refractivity contribution in [2.45, 2.75) is 19.9 Å². The van der Waals surface area contributed by atoms with Gasteiger partial charge in [-0.15, -0.1) is 11.3 Å². The first kappa shape index (κ1) is 20.3. The summed E-state index contributed by atoms with van der Waals surface area (Å²) in [6.07, 6.45) is 1.69. The van der Waals surface area contributed by atoms with E-state index in [1.165, 1.54) is 11.3 Å². The zero-order chi connectivity index (χ0) is 20.6. The van der Waals surface area contributed by atoms with Crippen LogP contribution in [0.25, 0.3) is 0 Å². The quantitative estimate of drug-likeness (QED) is 0.634. The van der Waals surface area contributed by atoms with Crippen molar-refractivity contribution in [2.75, 3.05) is 5.32 Å². The molecule has 0 spiro atoms. The topological polar surface area (TPSA) is 71.1 Å². The summed E-state index contributed by atoms with van der Waals surface area (Å²) in [7, 11) is 0. The van der Waals surface area contributed by atoms with Gasteiger partial charge in [-0.2, -0.15) is 0 Å². The number of aromatic nitrogens is 1.